The molecule has 5 nitrogen and oxygen atoms in total. The van der Waals surface area contributed by atoms with Crippen LogP contribution in [-0.4, -0.2) is 34.8 Å². The number of nitrogens with two attached hydrogens (primary N) is 1. The predicted molar refractivity (Wildman–Crippen MR) is 70.4 cm³/mol. The summed E-state index contributed by atoms with van der Waals surface area (Å²) < 4.78 is 35.9. The number of carbonyl (C=O) groups is 1. The van der Waals surface area contributed by atoms with Crippen molar-refractivity contribution in [2.45, 2.75) is 37.6 Å². The van der Waals surface area contributed by atoms with Gasteiger partial charge in [-0.1, -0.05) is 24.4 Å². The molecule has 116 valence electrons. The number of oxime groups is 1. The quantitative estimate of drug-likeness (QED) is 0.238. The van der Waals surface area contributed by atoms with Crippen molar-refractivity contribution in [1.82, 2.24) is 5.32 Å². The molecule has 0 aromatic rings. The van der Waals surface area contributed by atoms with E-state index in [9.17, 15) is 18.0 Å². The van der Waals surface area contributed by atoms with Crippen LogP contribution in [0.15, 0.2) is 5.16 Å². The Balaban J connectivity index is 2.57. The normalized spacial score (nSPS) is 19.6. The van der Waals surface area contributed by atoms with Gasteiger partial charge < -0.3 is 16.3 Å². The van der Waals surface area contributed by atoms with E-state index < -0.39 is 16.8 Å². The molecule has 1 fully saturated rings. The Morgan fingerprint density at radius 3 is 2.45 bits per heavy atom. The van der Waals surface area contributed by atoms with Gasteiger partial charge >= 0.3 is 5.51 Å². The van der Waals surface area contributed by atoms with Crippen molar-refractivity contribution in [3.05, 3.63) is 0 Å². The first kappa shape index (κ1) is 16.9. The SMILES string of the molecule is NC(=NO)C1(C(=O)NCCSC(F)(F)F)CCCCC1. The lowest BCUT2D eigenvalue weighted by Crippen LogP contribution is -2.51. The lowest BCUT2D eigenvalue weighted by atomic mass is 9.72. The van der Waals surface area contributed by atoms with E-state index in [0.717, 1.165) is 19.3 Å². The maximum Gasteiger partial charge on any atom is 0.441 e. The Bertz CT molecular complexity index is 368. The molecule has 4 N–H and O–H groups in total. The molecule has 1 aliphatic carbocycles. The number of halogens is 3. The molecule has 0 heterocycles. The van der Waals surface area contributed by atoms with Crippen LogP contribution in [0, 0.1) is 5.41 Å². The molecule has 0 aromatic carbocycles. The van der Waals surface area contributed by atoms with Gasteiger partial charge in [0.1, 0.15) is 5.41 Å². The van der Waals surface area contributed by atoms with Crippen LogP contribution in [0.5, 0.6) is 0 Å². The highest BCUT2D eigenvalue weighted by atomic mass is 32.2. The summed E-state index contributed by atoms with van der Waals surface area (Å²) in [6.45, 7) is -0.108. The summed E-state index contributed by atoms with van der Waals surface area (Å²) >= 11 is -0.190. The molecular formula is C11H18F3N3O2S. The number of alkyl halides is 3. The van der Waals surface area contributed by atoms with Crippen molar-refractivity contribution in [2.24, 2.45) is 16.3 Å². The largest absolute Gasteiger partial charge is 0.441 e. The number of rotatable bonds is 5. The van der Waals surface area contributed by atoms with Crippen LogP contribution in [0.3, 0.4) is 0 Å². The predicted octanol–water partition coefficient (Wildman–Crippen LogP) is 2.05. The highest BCUT2D eigenvalue weighted by Crippen LogP contribution is 2.37. The molecule has 0 unspecified atom stereocenters. The van der Waals surface area contributed by atoms with E-state index in [1.165, 1.54) is 0 Å². The summed E-state index contributed by atoms with van der Waals surface area (Å²) in [5, 5.41) is 14.2. The van der Waals surface area contributed by atoms with Gasteiger partial charge in [-0.05, 0) is 24.6 Å². The molecule has 1 aliphatic rings. The minimum atomic E-state index is -4.31. The van der Waals surface area contributed by atoms with Gasteiger partial charge in [0.25, 0.3) is 0 Å². The number of amides is 1. The van der Waals surface area contributed by atoms with Gasteiger partial charge in [0, 0.05) is 12.3 Å². The molecule has 0 atom stereocenters. The van der Waals surface area contributed by atoms with Gasteiger partial charge in [0.15, 0.2) is 5.84 Å². The lowest BCUT2D eigenvalue weighted by Gasteiger charge is -2.34. The summed E-state index contributed by atoms with van der Waals surface area (Å²) in [7, 11) is 0. The van der Waals surface area contributed by atoms with E-state index >= 15 is 0 Å². The average Bonchev–Trinajstić information content (AvgIpc) is 2.42. The molecule has 0 saturated heterocycles. The maximum atomic E-state index is 12.2. The van der Waals surface area contributed by atoms with Crippen molar-refractivity contribution in [1.29, 1.82) is 0 Å². The second kappa shape index (κ2) is 7.05. The minimum Gasteiger partial charge on any atom is -0.409 e. The Kier molecular flexibility index (Phi) is 5.97. The first-order chi connectivity index (χ1) is 9.32. The summed E-state index contributed by atoms with van der Waals surface area (Å²) in [4.78, 5) is 12.2. The summed E-state index contributed by atoms with van der Waals surface area (Å²) in [5.41, 5.74) is 0.217. The third kappa shape index (κ3) is 4.46. The molecule has 20 heavy (non-hydrogen) atoms. The number of amidine groups is 1. The van der Waals surface area contributed by atoms with E-state index in [4.69, 9.17) is 10.9 Å². The van der Waals surface area contributed by atoms with Crippen LogP contribution in [0.25, 0.3) is 0 Å². The molecule has 0 spiro atoms. The Morgan fingerprint density at radius 1 is 1.35 bits per heavy atom. The van der Waals surface area contributed by atoms with Gasteiger partial charge in [-0.3, -0.25) is 4.79 Å². The number of nitrogens with one attached hydrogen (secondary N) is 1. The standard InChI is InChI=1S/C11H18F3N3O2S/c12-11(13,14)20-7-6-16-9(18)10(8(15)17-19)4-2-1-3-5-10/h19H,1-7H2,(H2,15,17)(H,16,18). The molecular weight excluding hydrogens is 295 g/mol. The van der Waals surface area contributed by atoms with E-state index in [1.54, 1.807) is 0 Å². The van der Waals surface area contributed by atoms with Gasteiger partial charge in [-0.25, -0.2) is 0 Å². The number of thioether (sulfide) groups is 1. The molecule has 0 aromatic heterocycles. The molecule has 0 radical (unpaired) electrons. The van der Waals surface area contributed by atoms with Gasteiger partial charge in [0.05, 0.1) is 0 Å². The number of carbonyl (C=O) groups excluding carboxylic acids is 1. The third-order valence-corrected chi connectivity index (χ3v) is 4.13. The Morgan fingerprint density at radius 2 is 1.95 bits per heavy atom. The highest BCUT2D eigenvalue weighted by molar-refractivity contribution is 8.00. The summed E-state index contributed by atoms with van der Waals surface area (Å²) in [6.07, 6.45) is 3.38. The van der Waals surface area contributed by atoms with E-state index in [-0.39, 0.29) is 29.9 Å². The van der Waals surface area contributed by atoms with Crippen molar-refractivity contribution in [2.75, 3.05) is 12.3 Å². The lowest BCUT2D eigenvalue weighted by molar-refractivity contribution is -0.128. The molecule has 0 aliphatic heterocycles. The molecule has 1 saturated carbocycles. The van der Waals surface area contributed by atoms with Crippen molar-refractivity contribution < 1.29 is 23.2 Å². The van der Waals surface area contributed by atoms with Crippen molar-refractivity contribution in [3.63, 3.8) is 0 Å². The number of hydrogen-bond donors (Lipinski definition) is 3. The van der Waals surface area contributed by atoms with Crippen LogP contribution in [0.1, 0.15) is 32.1 Å². The first-order valence-corrected chi connectivity index (χ1v) is 7.27. The van der Waals surface area contributed by atoms with Crippen LogP contribution in [0.4, 0.5) is 13.2 Å². The van der Waals surface area contributed by atoms with Crippen LogP contribution >= 0.6 is 11.8 Å². The second-order valence-corrected chi connectivity index (χ2v) is 5.84. The van der Waals surface area contributed by atoms with Crippen LogP contribution in [0.2, 0.25) is 0 Å². The zero-order valence-corrected chi connectivity index (χ0v) is 11.7. The Hall–Kier alpha value is -1.12. The molecule has 1 amide bonds. The highest BCUT2D eigenvalue weighted by Gasteiger charge is 2.43. The summed E-state index contributed by atoms with van der Waals surface area (Å²) in [6, 6.07) is 0. The van der Waals surface area contributed by atoms with Crippen LogP contribution in [-0.2, 0) is 4.79 Å². The fourth-order valence-corrected chi connectivity index (χ4v) is 2.79. The topological polar surface area (TPSA) is 87.7 Å². The van der Waals surface area contributed by atoms with Crippen molar-refractivity contribution in [3.8, 4) is 0 Å². The number of hydrogen-bond acceptors (Lipinski definition) is 4. The zero-order chi connectivity index (χ0) is 15.2. The molecule has 9 heteroatoms. The van der Waals surface area contributed by atoms with Gasteiger partial charge in [-0.15, -0.1) is 0 Å². The van der Waals surface area contributed by atoms with Gasteiger partial charge in [-0.2, -0.15) is 13.2 Å². The van der Waals surface area contributed by atoms with Gasteiger partial charge in [0.2, 0.25) is 5.91 Å². The number of nitrogens with zero attached hydrogens (tertiary/aromatic N) is 1. The molecule has 1 rings (SSSR count). The second-order valence-electron chi connectivity index (χ2n) is 4.68. The third-order valence-electron chi connectivity index (χ3n) is 3.39. The maximum absolute atomic E-state index is 12.2. The molecule has 0 bridgehead atoms. The average molecular weight is 313 g/mol. The fraction of sp³-hybridized carbons (Fsp3) is 0.818. The van der Waals surface area contributed by atoms with Crippen molar-refractivity contribution >= 4 is 23.5 Å². The summed E-state index contributed by atoms with van der Waals surface area (Å²) in [5.74, 6) is -0.893. The zero-order valence-electron chi connectivity index (χ0n) is 10.9. The first-order valence-electron chi connectivity index (χ1n) is 6.29. The van der Waals surface area contributed by atoms with Crippen LogP contribution < -0.4 is 11.1 Å². The Labute approximate surface area is 119 Å². The minimum absolute atomic E-state index is 0.108. The fourth-order valence-electron chi connectivity index (χ4n) is 2.35. The smallest absolute Gasteiger partial charge is 0.409 e. The van der Waals surface area contributed by atoms with E-state index in [1.807, 2.05) is 0 Å². The van der Waals surface area contributed by atoms with E-state index in [2.05, 4.69) is 10.5 Å². The van der Waals surface area contributed by atoms with E-state index in [0.29, 0.717) is 12.8 Å². The monoisotopic (exact) mass is 313 g/mol.